The molecule has 1 aliphatic rings. The molecule has 94 valence electrons. The van der Waals surface area contributed by atoms with E-state index in [0.717, 1.165) is 24.6 Å². The van der Waals surface area contributed by atoms with E-state index in [0.29, 0.717) is 6.61 Å². The van der Waals surface area contributed by atoms with Crippen molar-refractivity contribution < 1.29 is 4.74 Å². The summed E-state index contributed by atoms with van der Waals surface area (Å²) < 4.78 is 7.57. The number of nitrogens with one attached hydrogen (secondary N) is 1. The van der Waals surface area contributed by atoms with Gasteiger partial charge in [0, 0.05) is 39.4 Å². The summed E-state index contributed by atoms with van der Waals surface area (Å²) in [6.07, 6.45) is 3.93. The minimum Gasteiger partial charge on any atom is -0.370 e. The summed E-state index contributed by atoms with van der Waals surface area (Å²) in [5.74, 6) is 0.905. The van der Waals surface area contributed by atoms with E-state index in [2.05, 4.69) is 20.3 Å². The highest BCUT2D eigenvalue weighted by Gasteiger charge is 2.24. The molecule has 1 unspecified atom stereocenters. The lowest BCUT2D eigenvalue weighted by molar-refractivity contribution is -0.00788. The maximum absolute atomic E-state index is 5.77. The number of aliphatic imine (C=N–C) groups is 1. The van der Waals surface area contributed by atoms with Crippen LogP contribution in [0, 0.1) is 0 Å². The van der Waals surface area contributed by atoms with Crippen LogP contribution in [-0.4, -0.2) is 54.4 Å². The number of hydrogen-bond acceptors (Lipinski definition) is 3. The first-order chi connectivity index (χ1) is 8.24. The molecule has 1 aliphatic heterocycles. The lowest BCUT2D eigenvalue weighted by Crippen LogP contribution is -2.47. The minimum atomic E-state index is 0.0718. The van der Waals surface area contributed by atoms with Crippen LogP contribution in [0.15, 0.2) is 17.4 Å². The fourth-order valence-corrected chi connectivity index (χ4v) is 2.06. The molecule has 1 saturated heterocycles. The van der Waals surface area contributed by atoms with Crippen molar-refractivity contribution in [3.8, 4) is 0 Å². The fourth-order valence-electron chi connectivity index (χ4n) is 2.06. The van der Waals surface area contributed by atoms with Crippen LogP contribution < -0.4 is 5.32 Å². The van der Waals surface area contributed by atoms with Crippen LogP contribution in [0.3, 0.4) is 0 Å². The Kier molecular flexibility index (Phi) is 3.63. The van der Waals surface area contributed by atoms with Gasteiger partial charge in [0.15, 0.2) is 5.96 Å². The molecule has 6 nitrogen and oxygen atoms in total. The molecule has 2 rings (SSSR count). The highest BCUT2D eigenvalue weighted by Crippen LogP contribution is 2.21. The normalized spacial score (nSPS) is 21.7. The molecular formula is C11H19N5O. The van der Waals surface area contributed by atoms with Crippen LogP contribution >= 0.6 is 0 Å². The quantitative estimate of drug-likeness (QED) is 0.552. The lowest BCUT2D eigenvalue weighted by Gasteiger charge is -2.34. The first-order valence-electron chi connectivity index (χ1n) is 5.74. The predicted molar refractivity (Wildman–Crippen MR) is 65.9 cm³/mol. The zero-order valence-corrected chi connectivity index (χ0v) is 10.6. The van der Waals surface area contributed by atoms with Crippen LogP contribution in [0.1, 0.15) is 11.7 Å². The first-order valence-corrected chi connectivity index (χ1v) is 5.74. The number of aromatic nitrogens is 2. The summed E-state index contributed by atoms with van der Waals surface area (Å²) >= 11 is 0. The Bertz CT molecular complexity index is 400. The van der Waals surface area contributed by atoms with Crippen molar-refractivity contribution in [3.05, 3.63) is 18.0 Å². The van der Waals surface area contributed by atoms with Gasteiger partial charge in [-0.25, -0.2) is 0 Å². The SMILES string of the molecule is CN=C(NC)N1CCOC(c2cnn(C)c2)C1. The Balaban J connectivity index is 2.07. The van der Waals surface area contributed by atoms with Crippen LogP contribution in [-0.2, 0) is 11.8 Å². The average Bonchev–Trinajstić information content (AvgIpc) is 2.78. The van der Waals surface area contributed by atoms with Crippen LogP contribution in [0.2, 0.25) is 0 Å². The van der Waals surface area contributed by atoms with E-state index in [1.807, 2.05) is 26.5 Å². The van der Waals surface area contributed by atoms with Crippen LogP contribution in [0.5, 0.6) is 0 Å². The van der Waals surface area contributed by atoms with Gasteiger partial charge in [0.05, 0.1) is 19.3 Å². The van der Waals surface area contributed by atoms with Gasteiger partial charge in [0.2, 0.25) is 0 Å². The molecular weight excluding hydrogens is 218 g/mol. The molecule has 17 heavy (non-hydrogen) atoms. The van der Waals surface area contributed by atoms with Crippen molar-refractivity contribution in [2.75, 3.05) is 33.8 Å². The largest absolute Gasteiger partial charge is 0.370 e. The maximum Gasteiger partial charge on any atom is 0.193 e. The van der Waals surface area contributed by atoms with Gasteiger partial charge < -0.3 is 15.0 Å². The summed E-state index contributed by atoms with van der Waals surface area (Å²) in [7, 11) is 5.59. The number of guanidine groups is 1. The molecule has 1 aromatic heterocycles. The summed E-state index contributed by atoms with van der Waals surface area (Å²) in [5.41, 5.74) is 1.11. The third-order valence-corrected chi connectivity index (χ3v) is 2.90. The van der Waals surface area contributed by atoms with E-state index in [4.69, 9.17) is 4.74 Å². The van der Waals surface area contributed by atoms with E-state index < -0.39 is 0 Å². The van der Waals surface area contributed by atoms with Crippen LogP contribution in [0.25, 0.3) is 0 Å². The van der Waals surface area contributed by atoms with Gasteiger partial charge in [-0.1, -0.05) is 0 Å². The van der Waals surface area contributed by atoms with Gasteiger partial charge in [-0.05, 0) is 0 Å². The first kappa shape index (κ1) is 11.9. The molecule has 1 N–H and O–H groups in total. The molecule has 1 atom stereocenters. The minimum absolute atomic E-state index is 0.0718. The molecule has 0 bridgehead atoms. The van der Waals surface area contributed by atoms with Gasteiger partial charge in [-0.3, -0.25) is 9.67 Å². The zero-order chi connectivity index (χ0) is 12.3. The highest BCUT2D eigenvalue weighted by atomic mass is 16.5. The third kappa shape index (κ3) is 2.58. The van der Waals surface area contributed by atoms with Crippen molar-refractivity contribution in [3.63, 3.8) is 0 Å². The monoisotopic (exact) mass is 237 g/mol. The Hall–Kier alpha value is -1.56. The zero-order valence-electron chi connectivity index (χ0n) is 10.6. The molecule has 1 fully saturated rings. The van der Waals surface area contributed by atoms with Crippen molar-refractivity contribution in [2.45, 2.75) is 6.10 Å². The fraction of sp³-hybridized carbons (Fsp3) is 0.636. The summed E-state index contributed by atoms with van der Waals surface area (Å²) in [6.45, 7) is 2.38. The van der Waals surface area contributed by atoms with Gasteiger partial charge in [-0.15, -0.1) is 0 Å². The highest BCUT2D eigenvalue weighted by molar-refractivity contribution is 5.79. The predicted octanol–water partition coefficient (Wildman–Crippen LogP) is -0.00140. The molecule has 0 saturated carbocycles. The topological polar surface area (TPSA) is 54.7 Å². The maximum atomic E-state index is 5.77. The van der Waals surface area contributed by atoms with E-state index >= 15 is 0 Å². The Morgan fingerprint density at radius 3 is 3.06 bits per heavy atom. The van der Waals surface area contributed by atoms with Gasteiger partial charge in [-0.2, -0.15) is 5.10 Å². The van der Waals surface area contributed by atoms with Crippen molar-refractivity contribution in [1.29, 1.82) is 0 Å². The number of ether oxygens (including phenoxy) is 1. The molecule has 0 radical (unpaired) electrons. The third-order valence-electron chi connectivity index (χ3n) is 2.90. The Morgan fingerprint density at radius 1 is 1.65 bits per heavy atom. The summed E-state index contributed by atoms with van der Waals surface area (Å²) in [4.78, 5) is 6.41. The number of morpholine rings is 1. The smallest absolute Gasteiger partial charge is 0.193 e. The molecule has 1 aromatic rings. The number of nitrogens with zero attached hydrogens (tertiary/aromatic N) is 4. The lowest BCUT2D eigenvalue weighted by atomic mass is 10.1. The Morgan fingerprint density at radius 2 is 2.47 bits per heavy atom. The van der Waals surface area contributed by atoms with E-state index in [1.54, 1.807) is 11.7 Å². The Labute approximate surface area is 101 Å². The molecule has 0 spiro atoms. The van der Waals surface area contributed by atoms with E-state index in [-0.39, 0.29) is 6.10 Å². The standard InChI is InChI=1S/C11H19N5O/c1-12-11(13-2)16-4-5-17-10(8-16)9-6-14-15(3)7-9/h6-7,10H,4-5,8H2,1-3H3,(H,12,13). The van der Waals surface area contributed by atoms with Gasteiger partial charge in [0.25, 0.3) is 0 Å². The molecule has 0 aliphatic carbocycles. The van der Waals surface area contributed by atoms with Gasteiger partial charge in [0.1, 0.15) is 6.10 Å². The number of aryl methyl sites for hydroxylation is 1. The van der Waals surface area contributed by atoms with Crippen LogP contribution in [0.4, 0.5) is 0 Å². The van der Waals surface area contributed by atoms with Gasteiger partial charge >= 0.3 is 0 Å². The summed E-state index contributed by atoms with van der Waals surface area (Å²) in [5, 5.41) is 7.27. The molecule has 0 aromatic carbocycles. The second-order valence-corrected chi connectivity index (χ2v) is 4.05. The number of rotatable bonds is 1. The van der Waals surface area contributed by atoms with Crippen molar-refractivity contribution in [1.82, 2.24) is 20.0 Å². The molecule has 2 heterocycles. The summed E-state index contributed by atoms with van der Waals surface area (Å²) in [6, 6.07) is 0. The van der Waals surface area contributed by atoms with Crippen molar-refractivity contribution >= 4 is 5.96 Å². The van der Waals surface area contributed by atoms with E-state index in [9.17, 15) is 0 Å². The second-order valence-electron chi connectivity index (χ2n) is 4.05. The average molecular weight is 237 g/mol. The second kappa shape index (κ2) is 5.18. The van der Waals surface area contributed by atoms with E-state index in [1.165, 1.54) is 0 Å². The number of hydrogen-bond donors (Lipinski definition) is 1. The van der Waals surface area contributed by atoms with Crippen molar-refractivity contribution in [2.24, 2.45) is 12.0 Å². The molecule has 6 heteroatoms. The molecule has 0 amide bonds.